The fourth-order valence-corrected chi connectivity index (χ4v) is 4.10. The Hall–Kier alpha value is -3.00. The Bertz CT molecular complexity index is 1100. The predicted octanol–water partition coefficient (Wildman–Crippen LogP) is 5.74. The predicted molar refractivity (Wildman–Crippen MR) is 152 cm³/mol. The van der Waals surface area contributed by atoms with Crippen LogP contribution in [0.1, 0.15) is 68.8 Å². The van der Waals surface area contributed by atoms with Crippen molar-refractivity contribution < 1.29 is 19.1 Å². The van der Waals surface area contributed by atoms with Crippen LogP contribution in [-0.4, -0.2) is 46.7 Å². The topological polar surface area (TPSA) is 87.7 Å². The van der Waals surface area contributed by atoms with Gasteiger partial charge < -0.3 is 20.3 Å². The van der Waals surface area contributed by atoms with E-state index in [0.717, 1.165) is 23.1 Å². The van der Waals surface area contributed by atoms with Gasteiger partial charge >= 0.3 is 6.09 Å². The van der Waals surface area contributed by atoms with Crippen LogP contribution in [0.4, 0.5) is 10.5 Å². The monoisotopic (exact) mass is 527 g/mol. The zero-order chi connectivity index (χ0) is 27.8. The van der Waals surface area contributed by atoms with Crippen molar-refractivity contribution in [3.05, 3.63) is 64.7 Å². The molecule has 0 fully saturated rings. The van der Waals surface area contributed by atoms with E-state index in [1.54, 1.807) is 25.7 Å². The Balaban J connectivity index is 2.51. The number of nitrogens with zero attached hydrogens (tertiary/aromatic N) is 1. The molecule has 2 atom stereocenters. The van der Waals surface area contributed by atoms with Gasteiger partial charge in [-0.2, -0.15) is 12.6 Å². The molecule has 0 aliphatic rings. The van der Waals surface area contributed by atoms with E-state index in [9.17, 15) is 14.4 Å². The van der Waals surface area contributed by atoms with Crippen LogP contribution in [0.25, 0.3) is 0 Å². The number of hydrogen-bond donors (Lipinski definition) is 3. The van der Waals surface area contributed by atoms with Gasteiger partial charge in [0.1, 0.15) is 17.7 Å². The number of aryl methyl sites for hydroxylation is 3. The van der Waals surface area contributed by atoms with Crippen LogP contribution in [0, 0.1) is 20.8 Å². The number of anilines is 1. The summed E-state index contributed by atoms with van der Waals surface area (Å²) >= 11 is 4.34. The summed E-state index contributed by atoms with van der Waals surface area (Å²) in [4.78, 5) is 41.8. The standard InChI is InChI=1S/C29H41N3O4S/c1-8-9-16-32(27(34)24(18-37)31-28(35)36-29(5,6)7)25(22-15-14-19(2)21(4)17-22)26(33)30-23-13-11-10-12-20(23)3/h10-15,17,24-25,37H,8-9,16,18H2,1-7H3,(H,30,33)(H,31,35). The molecule has 0 aliphatic heterocycles. The van der Waals surface area contributed by atoms with Gasteiger partial charge in [0, 0.05) is 18.0 Å². The summed E-state index contributed by atoms with van der Waals surface area (Å²) in [5, 5.41) is 5.66. The number of rotatable bonds is 10. The maximum Gasteiger partial charge on any atom is 0.408 e. The summed E-state index contributed by atoms with van der Waals surface area (Å²) in [6.07, 6.45) is 0.812. The number of unbranched alkanes of at least 4 members (excludes halogenated alkanes) is 1. The minimum atomic E-state index is -0.963. The first-order valence-corrected chi connectivity index (χ1v) is 13.4. The maximum atomic E-state index is 13.9. The largest absolute Gasteiger partial charge is 0.444 e. The first kappa shape index (κ1) is 30.2. The Labute approximate surface area is 226 Å². The average molecular weight is 528 g/mol. The molecule has 0 spiro atoms. The molecular formula is C29H41N3O4S. The number of carbonyl (C=O) groups excluding carboxylic acids is 3. The number of para-hydroxylation sites is 1. The second-order valence-electron chi connectivity index (χ2n) is 10.3. The molecule has 0 saturated heterocycles. The van der Waals surface area contributed by atoms with Crippen molar-refractivity contribution in [3.63, 3.8) is 0 Å². The molecule has 8 heteroatoms. The molecule has 0 bridgehead atoms. The van der Waals surface area contributed by atoms with E-state index in [1.807, 2.05) is 70.2 Å². The molecule has 0 heterocycles. The number of thiol groups is 1. The van der Waals surface area contributed by atoms with Gasteiger partial charge in [-0.05, 0) is 76.3 Å². The van der Waals surface area contributed by atoms with Crippen molar-refractivity contribution in [1.82, 2.24) is 10.2 Å². The van der Waals surface area contributed by atoms with Crippen LogP contribution >= 0.6 is 12.6 Å². The lowest BCUT2D eigenvalue weighted by Gasteiger charge is -2.34. The highest BCUT2D eigenvalue weighted by atomic mass is 32.1. The molecule has 202 valence electrons. The van der Waals surface area contributed by atoms with E-state index in [2.05, 4.69) is 23.3 Å². The summed E-state index contributed by atoms with van der Waals surface area (Å²) < 4.78 is 5.36. The molecule has 0 aromatic heterocycles. The van der Waals surface area contributed by atoms with Crippen LogP contribution < -0.4 is 10.6 Å². The van der Waals surface area contributed by atoms with Crippen molar-refractivity contribution in [2.24, 2.45) is 0 Å². The molecule has 37 heavy (non-hydrogen) atoms. The second-order valence-corrected chi connectivity index (χ2v) is 10.7. The molecule has 0 radical (unpaired) electrons. The lowest BCUT2D eigenvalue weighted by molar-refractivity contribution is -0.140. The summed E-state index contributed by atoms with van der Waals surface area (Å²) in [6, 6.07) is 11.4. The Morgan fingerprint density at radius 1 is 1.00 bits per heavy atom. The van der Waals surface area contributed by atoms with Crippen molar-refractivity contribution in [1.29, 1.82) is 0 Å². The van der Waals surface area contributed by atoms with Crippen molar-refractivity contribution >= 4 is 36.2 Å². The van der Waals surface area contributed by atoms with E-state index >= 15 is 0 Å². The fourth-order valence-electron chi connectivity index (χ4n) is 3.85. The number of ether oxygens (including phenoxy) is 1. The lowest BCUT2D eigenvalue weighted by Crippen LogP contribution is -2.53. The summed E-state index contributed by atoms with van der Waals surface area (Å²) in [6.45, 7) is 13.5. The third kappa shape index (κ3) is 8.81. The van der Waals surface area contributed by atoms with E-state index in [1.165, 1.54) is 0 Å². The summed E-state index contributed by atoms with van der Waals surface area (Å²) in [7, 11) is 0. The first-order chi connectivity index (χ1) is 17.4. The van der Waals surface area contributed by atoms with Crippen molar-refractivity contribution in [2.45, 2.75) is 79.0 Å². The third-order valence-electron chi connectivity index (χ3n) is 6.02. The minimum absolute atomic E-state index is 0.0553. The molecule has 2 aromatic rings. The average Bonchev–Trinajstić information content (AvgIpc) is 2.82. The molecule has 2 aromatic carbocycles. The third-order valence-corrected chi connectivity index (χ3v) is 6.38. The van der Waals surface area contributed by atoms with Crippen molar-refractivity contribution in [3.8, 4) is 0 Å². The Morgan fingerprint density at radius 2 is 1.68 bits per heavy atom. The smallest absolute Gasteiger partial charge is 0.408 e. The van der Waals surface area contributed by atoms with E-state index in [-0.39, 0.29) is 11.7 Å². The Kier molecular flexibility index (Phi) is 11.0. The van der Waals surface area contributed by atoms with Crippen LogP contribution in [-0.2, 0) is 14.3 Å². The van der Waals surface area contributed by atoms with Crippen LogP contribution in [0.3, 0.4) is 0 Å². The number of nitrogens with one attached hydrogen (secondary N) is 2. The van der Waals surface area contributed by atoms with Gasteiger partial charge in [0.15, 0.2) is 0 Å². The van der Waals surface area contributed by atoms with Crippen molar-refractivity contribution in [2.75, 3.05) is 17.6 Å². The first-order valence-electron chi connectivity index (χ1n) is 12.7. The number of alkyl carbamates (subject to hydrolysis) is 1. The van der Waals surface area contributed by atoms with Gasteiger partial charge in [0.2, 0.25) is 5.91 Å². The highest BCUT2D eigenvalue weighted by Gasteiger charge is 2.36. The molecule has 3 amide bonds. The SMILES string of the molecule is CCCCN(C(=O)C(CS)NC(=O)OC(C)(C)C)C(C(=O)Nc1ccccc1C)c1ccc(C)c(C)c1. The Morgan fingerprint density at radius 3 is 2.24 bits per heavy atom. The van der Waals surface area contributed by atoms with E-state index in [0.29, 0.717) is 24.2 Å². The van der Waals surface area contributed by atoms with Gasteiger partial charge in [-0.15, -0.1) is 0 Å². The van der Waals surface area contributed by atoms with Gasteiger partial charge in [0.25, 0.3) is 5.91 Å². The normalized spacial score (nSPS) is 12.9. The summed E-state index contributed by atoms with van der Waals surface area (Å²) in [5.41, 5.74) is 3.70. The molecular weight excluding hydrogens is 486 g/mol. The number of carbonyl (C=O) groups is 3. The second kappa shape index (κ2) is 13.5. The maximum absolute atomic E-state index is 13.9. The van der Waals surface area contributed by atoms with Gasteiger partial charge in [-0.1, -0.05) is 49.7 Å². The zero-order valence-electron chi connectivity index (χ0n) is 23.1. The molecule has 2 rings (SSSR count). The fraction of sp³-hybridized carbons (Fsp3) is 0.483. The van der Waals surface area contributed by atoms with Crippen LogP contribution in [0.5, 0.6) is 0 Å². The molecule has 0 aliphatic carbocycles. The quantitative estimate of drug-likeness (QED) is 0.344. The van der Waals surface area contributed by atoms with Crippen LogP contribution in [0.2, 0.25) is 0 Å². The number of hydrogen-bond acceptors (Lipinski definition) is 5. The van der Waals surface area contributed by atoms with Gasteiger partial charge in [0.05, 0.1) is 0 Å². The molecule has 2 N–H and O–H groups in total. The number of benzene rings is 2. The van der Waals surface area contributed by atoms with E-state index < -0.39 is 29.7 Å². The van der Waals surface area contributed by atoms with E-state index in [4.69, 9.17) is 4.74 Å². The molecule has 2 unspecified atom stereocenters. The van der Waals surface area contributed by atoms with Gasteiger partial charge in [-0.25, -0.2) is 4.79 Å². The lowest BCUT2D eigenvalue weighted by atomic mass is 9.98. The minimum Gasteiger partial charge on any atom is -0.444 e. The van der Waals surface area contributed by atoms with Gasteiger partial charge in [-0.3, -0.25) is 9.59 Å². The molecule has 0 saturated carbocycles. The van der Waals surface area contributed by atoms with Crippen LogP contribution in [0.15, 0.2) is 42.5 Å². The number of amides is 3. The summed E-state index contributed by atoms with van der Waals surface area (Å²) in [5.74, 6) is -0.658. The molecule has 7 nitrogen and oxygen atoms in total. The highest BCUT2D eigenvalue weighted by molar-refractivity contribution is 7.80. The zero-order valence-corrected chi connectivity index (χ0v) is 23.9. The highest BCUT2D eigenvalue weighted by Crippen LogP contribution is 2.27.